The number of hydrogen-bond donors (Lipinski definition) is 1. The zero-order valence-corrected chi connectivity index (χ0v) is 12.5. The van der Waals surface area contributed by atoms with Gasteiger partial charge in [0.1, 0.15) is 0 Å². The molecular weight excluding hydrogens is 222 g/mol. The van der Waals surface area contributed by atoms with E-state index in [1.807, 2.05) is 0 Å². The van der Waals surface area contributed by atoms with Crippen LogP contribution in [0.2, 0.25) is 0 Å². The molecule has 18 heavy (non-hydrogen) atoms. The normalized spacial score (nSPS) is 12.6. The van der Waals surface area contributed by atoms with Crippen LogP contribution in [0, 0.1) is 5.92 Å². The Bertz CT molecular complexity index is 192. The van der Waals surface area contributed by atoms with E-state index in [2.05, 4.69) is 13.8 Å². The van der Waals surface area contributed by atoms with Gasteiger partial charge >= 0.3 is 0 Å². The van der Waals surface area contributed by atoms with Crippen LogP contribution in [0.1, 0.15) is 90.9 Å². The Kier molecular flexibility index (Phi) is 12.5. The summed E-state index contributed by atoms with van der Waals surface area (Å²) in [6, 6.07) is 0. The summed E-state index contributed by atoms with van der Waals surface area (Å²) < 4.78 is 0. The summed E-state index contributed by atoms with van der Waals surface area (Å²) in [5.74, 6) is 0.761. The lowest BCUT2D eigenvalue weighted by Gasteiger charge is -2.10. The maximum absolute atomic E-state index is 10.5. The summed E-state index contributed by atoms with van der Waals surface area (Å²) in [5, 5.41) is 0. The van der Waals surface area contributed by atoms with Gasteiger partial charge in [-0.1, -0.05) is 78.1 Å². The van der Waals surface area contributed by atoms with Gasteiger partial charge in [-0.2, -0.15) is 0 Å². The van der Waals surface area contributed by atoms with Gasteiger partial charge in [-0.25, -0.2) is 0 Å². The Morgan fingerprint density at radius 2 is 1.39 bits per heavy atom. The fourth-order valence-corrected chi connectivity index (χ4v) is 2.37. The van der Waals surface area contributed by atoms with E-state index in [-0.39, 0.29) is 5.91 Å². The lowest BCUT2D eigenvalue weighted by molar-refractivity contribution is -0.118. The van der Waals surface area contributed by atoms with Crippen LogP contribution in [0.4, 0.5) is 0 Å². The van der Waals surface area contributed by atoms with E-state index in [0.717, 1.165) is 18.8 Å². The highest BCUT2D eigenvalue weighted by atomic mass is 16.1. The van der Waals surface area contributed by atoms with Crippen LogP contribution in [0.3, 0.4) is 0 Å². The quantitative estimate of drug-likeness (QED) is 0.472. The number of primary amides is 1. The molecule has 1 unspecified atom stereocenters. The lowest BCUT2D eigenvalue weighted by Crippen LogP contribution is -2.09. The number of rotatable bonds is 13. The molecule has 2 N–H and O–H groups in total. The highest BCUT2D eigenvalue weighted by Gasteiger charge is 2.01. The van der Waals surface area contributed by atoms with E-state index >= 15 is 0 Å². The van der Waals surface area contributed by atoms with Crippen molar-refractivity contribution in [3.05, 3.63) is 0 Å². The van der Waals surface area contributed by atoms with Crippen LogP contribution in [0.15, 0.2) is 0 Å². The standard InChI is InChI=1S/C16H33NO/c1-3-4-12-15(2)13-10-8-6-5-7-9-11-14-16(17)18/h15H,3-14H2,1-2H3,(H2,17,18). The molecule has 1 atom stereocenters. The molecule has 2 nitrogen and oxygen atoms in total. The van der Waals surface area contributed by atoms with E-state index in [1.165, 1.54) is 57.8 Å². The van der Waals surface area contributed by atoms with Crippen molar-refractivity contribution in [2.45, 2.75) is 90.9 Å². The zero-order chi connectivity index (χ0) is 13.6. The van der Waals surface area contributed by atoms with E-state index in [0.29, 0.717) is 6.42 Å². The van der Waals surface area contributed by atoms with Crippen molar-refractivity contribution >= 4 is 5.91 Å². The van der Waals surface area contributed by atoms with Crippen LogP contribution in [0.5, 0.6) is 0 Å². The van der Waals surface area contributed by atoms with Gasteiger partial charge in [0, 0.05) is 6.42 Å². The molecule has 0 aliphatic rings. The van der Waals surface area contributed by atoms with Crippen LogP contribution >= 0.6 is 0 Å². The van der Waals surface area contributed by atoms with Crippen molar-refractivity contribution in [1.29, 1.82) is 0 Å². The predicted octanol–water partition coefficient (Wildman–Crippen LogP) is 4.81. The summed E-state index contributed by atoms with van der Waals surface area (Å²) >= 11 is 0. The number of nitrogens with two attached hydrogens (primary N) is 1. The predicted molar refractivity (Wildman–Crippen MR) is 79.4 cm³/mol. The first-order valence-electron chi connectivity index (χ1n) is 7.95. The molecule has 0 aliphatic carbocycles. The topological polar surface area (TPSA) is 43.1 Å². The van der Waals surface area contributed by atoms with Crippen molar-refractivity contribution in [1.82, 2.24) is 0 Å². The number of hydrogen-bond acceptors (Lipinski definition) is 1. The fraction of sp³-hybridized carbons (Fsp3) is 0.938. The molecule has 0 spiro atoms. The molecular formula is C16H33NO. The second kappa shape index (κ2) is 12.9. The average Bonchev–Trinajstić information content (AvgIpc) is 2.34. The van der Waals surface area contributed by atoms with Crippen molar-refractivity contribution in [2.24, 2.45) is 11.7 Å². The van der Waals surface area contributed by atoms with Gasteiger partial charge in [-0.3, -0.25) is 4.79 Å². The molecule has 0 aromatic heterocycles. The summed E-state index contributed by atoms with van der Waals surface area (Å²) in [5.41, 5.74) is 5.10. The van der Waals surface area contributed by atoms with Crippen molar-refractivity contribution in [2.75, 3.05) is 0 Å². The maximum Gasteiger partial charge on any atom is 0.217 e. The molecule has 0 saturated carbocycles. The summed E-state index contributed by atoms with van der Waals surface area (Å²) in [6.45, 7) is 4.66. The Morgan fingerprint density at radius 3 is 1.94 bits per heavy atom. The van der Waals surface area contributed by atoms with Crippen molar-refractivity contribution in [3.63, 3.8) is 0 Å². The summed E-state index contributed by atoms with van der Waals surface area (Å²) in [6.07, 6.45) is 15.0. The monoisotopic (exact) mass is 255 g/mol. The Hall–Kier alpha value is -0.530. The fourth-order valence-electron chi connectivity index (χ4n) is 2.37. The highest BCUT2D eigenvalue weighted by molar-refractivity contribution is 5.73. The number of carbonyl (C=O) groups excluding carboxylic acids is 1. The second-order valence-corrected chi connectivity index (χ2v) is 5.73. The maximum atomic E-state index is 10.5. The third-order valence-electron chi connectivity index (χ3n) is 3.67. The van der Waals surface area contributed by atoms with Crippen molar-refractivity contribution < 1.29 is 4.79 Å². The minimum absolute atomic E-state index is 0.156. The summed E-state index contributed by atoms with van der Waals surface area (Å²) in [4.78, 5) is 10.5. The Balaban J connectivity index is 3.09. The molecule has 108 valence electrons. The van der Waals surface area contributed by atoms with Gasteiger partial charge < -0.3 is 5.73 Å². The molecule has 0 rings (SSSR count). The average molecular weight is 255 g/mol. The molecule has 0 heterocycles. The first-order valence-corrected chi connectivity index (χ1v) is 7.95. The van der Waals surface area contributed by atoms with Gasteiger partial charge in [0.15, 0.2) is 0 Å². The van der Waals surface area contributed by atoms with E-state index in [9.17, 15) is 4.79 Å². The van der Waals surface area contributed by atoms with Crippen LogP contribution in [0.25, 0.3) is 0 Å². The van der Waals surface area contributed by atoms with Crippen molar-refractivity contribution in [3.8, 4) is 0 Å². The van der Waals surface area contributed by atoms with Gasteiger partial charge in [-0.05, 0) is 12.3 Å². The number of carbonyl (C=O) groups is 1. The summed E-state index contributed by atoms with van der Waals surface area (Å²) in [7, 11) is 0. The van der Waals surface area contributed by atoms with Crippen LogP contribution in [-0.2, 0) is 4.79 Å². The van der Waals surface area contributed by atoms with Crippen LogP contribution < -0.4 is 5.73 Å². The van der Waals surface area contributed by atoms with Gasteiger partial charge in [0.05, 0.1) is 0 Å². The molecule has 0 aliphatic heterocycles. The first-order chi connectivity index (χ1) is 8.66. The smallest absolute Gasteiger partial charge is 0.217 e. The molecule has 2 heteroatoms. The molecule has 0 saturated heterocycles. The highest BCUT2D eigenvalue weighted by Crippen LogP contribution is 2.17. The van der Waals surface area contributed by atoms with Gasteiger partial charge in [0.25, 0.3) is 0 Å². The minimum Gasteiger partial charge on any atom is -0.370 e. The lowest BCUT2D eigenvalue weighted by atomic mass is 9.97. The molecule has 0 aromatic rings. The van der Waals surface area contributed by atoms with E-state index < -0.39 is 0 Å². The Morgan fingerprint density at radius 1 is 0.889 bits per heavy atom. The van der Waals surface area contributed by atoms with Gasteiger partial charge in [0.2, 0.25) is 5.91 Å². The van der Waals surface area contributed by atoms with Crippen LogP contribution in [-0.4, -0.2) is 5.91 Å². The molecule has 0 fully saturated rings. The molecule has 0 radical (unpaired) electrons. The molecule has 0 aromatic carbocycles. The SMILES string of the molecule is CCCCC(C)CCCCCCCCCC(N)=O. The largest absolute Gasteiger partial charge is 0.370 e. The third kappa shape index (κ3) is 13.5. The minimum atomic E-state index is -0.156. The van der Waals surface area contributed by atoms with E-state index in [4.69, 9.17) is 5.73 Å². The first kappa shape index (κ1) is 17.5. The third-order valence-corrected chi connectivity index (χ3v) is 3.67. The number of amides is 1. The van der Waals surface area contributed by atoms with Gasteiger partial charge in [-0.15, -0.1) is 0 Å². The number of unbranched alkanes of at least 4 members (excludes halogenated alkanes) is 7. The zero-order valence-electron chi connectivity index (χ0n) is 12.5. The molecule has 0 bridgehead atoms. The second-order valence-electron chi connectivity index (χ2n) is 5.73. The van der Waals surface area contributed by atoms with E-state index in [1.54, 1.807) is 0 Å². The molecule has 1 amide bonds. The Labute approximate surface area is 114 Å².